The second kappa shape index (κ2) is 11.9. The predicted molar refractivity (Wildman–Crippen MR) is 135 cm³/mol. The van der Waals surface area contributed by atoms with Gasteiger partial charge in [0.15, 0.2) is 11.5 Å². The maximum Gasteiger partial charge on any atom is 0.214 e. The SMILES string of the molecule is COc1cc(CNCCSc2nnnn2-c2ccccc2)cc(Cl)c1OCc1ccc(C)cc1. The molecule has 176 valence electrons. The maximum atomic E-state index is 6.53. The van der Waals surface area contributed by atoms with Crippen LogP contribution in [0.3, 0.4) is 0 Å². The third-order valence-electron chi connectivity index (χ3n) is 5.07. The van der Waals surface area contributed by atoms with E-state index in [1.54, 1.807) is 23.6 Å². The summed E-state index contributed by atoms with van der Waals surface area (Å²) in [5, 5.41) is 16.7. The lowest BCUT2D eigenvalue weighted by atomic mass is 10.1. The van der Waals surface area contributed by atoms with E-state index >= 15 is 0 Å². The number of para-hydroxylation sites is 1. The van der Waals surface area contributed by atoms with Crippen molar-refractivity contribution in [1.29, 1.82) is 0 Å². The number of nitrogens with one attached hydrogen (secondary N) is 1. The first-order chi connectivity index (χ1) is 16.6. The van der Waals surface area contributed by atoms with Crippen molar-refractivity contribution >= 4 is 23.4 Å². The number of hydrogen-bond donors (Lipinski definition) is 1. The highest BCUT2D eigenvalue weighted by molar-refractivity contribution is 7.99. The van der Waals surface area contributed by atoms with Crippen LogP contribution in [0.25, 0.3) is 5.69 Å². The molecule has 0 saturated heterocycles. The minimum absolute atomic E-state index is 0.424. The first kappa shape index (κ1) is 24.1. The summed E-state index contributed by atoms with van der Waals surface area (Å²) in [4.78, 5) is 0. The van der Waals surface area contributed by atoms with Crippen LogP contribution in [0.5, 0.6) is 11.5 Å². The molecule has 0 aliphatic rings. The fourth-order valence-electron chi connectivity index (χ4n) is 3.30. The van der Waals surface area contributed by atoms with Crippen LogP contribution in [0.15, 0.2) is 71.9 Å². The van der Waals surface area contributed by atoms with Gasteiger partial charge in [0.05, 0.1) is 17.8 Å². The molecule has 3 aromatic carbocycles. The van der Waals surface area contributed by atoms with Gasteiger partial charge in [0.25, 0.3) is 0 Å². The molecule has 1 heterocycles. The Balaban J connectivity index is 1.29. The normalized spacial score (nSPS) is 10.9. The average Bonchev–Trinajstić information content (AvgIpc) is 3.33. The zero-order valence-corrected chi connectivity index (χ0v) is 20.6. The zero-order valence-electron chi connectivity index (χ0n) is 19.1. The summed E-state index contributed by atoms with van der Waals surface area (Å²) in [6.07, 6.45) is 0. The van der Waals surface area contributed by atoms with Crippen molar-refractivity contribution < 1.29 is 9.47 Å². The van der Waals surface area contributed by atoms with E-state index < -0.39 is 0 Å². The van der Waals surface area contributed by atoms with E-state index in [-0.39, 0.29) is 0 Å². The predicted octanol–water partition coefficient (Wildman–Crippen LogP) is 5.09. The van der Waals surface area contributed by atoms with Gasteiger partial charge < -0.3 is 14.8 Å². The van der Waals surface area contributed by atoms with E-state index in [2.05, 4.69) is 39.9 Å². The summed E-state index contributed by atoms with van der Waals surface area (Å²) in [6, 6.07) is 21.9. The van der Waals surface area contributed by atoms with E-state index in [9.17, 15) is 0 Å². The Morgan fingerprint density at radius 2 is 1.82 bits per heavy atom. The molecule has 4 aromatic rings. The minimum atomic E-state index is 0.424. The number of halogens is 1. The van der Waals surface area contributed by atoms with Crippen molar-refractivity contribution in [3.8, 4) is 17.2 Å². The van der Waals surface area contributed by atoms with Crippen LogP contribution >= 0.6 is 23.4 Å². The number of thioether (sulfide) groups is 1. The van der Waals surface area contributed by atoms with Crippen molar-refractivity contribution in [2.75, 3.05) is 19.4 Å². The Morgan fingerprint density at radius 3 is 2.59 bits per heavy atom. The van der Waals surface area contributed by atoms with Gasteiger partial charge >= 0.3 is 0 Å². The van der Waals surface area contributed by atoms with Crippen molar-refractivity contribution in [3.63, 3.8) is 0 Å². The molecule has 0 atom stereocenters. The molecule has 0 aliphatic carbocycles. The topological polar surface area (TPSA) is 74.1 Å². The van der Waals surface area contributed by atoms with Crippen molar-refractivity contribution in [2.45, 2.75) is 25.2 Å². The lowest BCUT2D eigenvalue weighted by Gasteiger charge is -2.15. The lowest BCUT2D eigenvalue weighted by molar-refractivity contribution is 0.284. The molecule has 1 aromatic heterocycles. The molecular formula is C25H26ClN5O2S. The van der Waals surface area contributed by atoms with Crippen LogP contribution in [-0.2, 0) is 13.2 Å². The number of nitrogens with zero attached hydrogens (tertiary/aromatic N) is 4. The second-order valence-corrected chi connectivity index (χ2v) is 9.09. The molecule has 0 spiro atoms. The summed E-state index contributed by atoms with van der Waals surface area (Å²) in [5.41, 5.74) is 4.24. The fourth-order valence-corrected chi connectivity index (χ4v) is 4.38. The summed E-state index contributed by atoms with van der Waals surface area (Å²) in [7, 11) is 1.62. The minimum Gasteiger partial charge on any atom is -0.493 e. The number of hydrogen-bond acceptors (Lipinski definition) is 7. The number of tetrazole rings is 1. The largest absolute Gasteiger partial charge is 0.493 e. The maximum absolute atomic E-state index is 6.53. The van der Waals surface area contributed by atoms with Crippen LogP contribution in [-0.4, -0.2) is 39.6 Å². The molecule has 4 rings (SSSR count). The van der Waals surface area contributed by atoms with Crippen molar-refractivity contribution in [2.24, 2.45) is 0 Å². The van der Waals surface area contributed by atoms with Gasteiger partial charge in [-0.1, -0.05) is 71.4 Å². The lowest BCUT2D eigenvalue weighted by Crippen LogP contribution is -2.17. The fraction of sp³-hybridized carbons (Fsp3) is 0.240. The molecule has 9 heteroatoms. The van der Waals surface area contributed by atoms with Gasteiger partial charge in [-0.2, -0.15) is 4.68 Å². The number of rotatable bonds is 11. The first-order valence-electron chi connectivity index (χ1n) is 10.9. The molecule has 0 aliphatic heterocycles. The Labute approximate surface area is 208 Å². The molecule has 1 N–H and O–H groups in total. The van der Waals surface area contributed by atoms with Gasteiger partial charge in [0.1, 0.15) is 6.61 Å². The first-order valence-corrected chi connectivity index (χ1v) is 12.2. The second-order valence-electron chi connectivity index (χ2n) is 7.62. The zero-order chi connectivity index (χ0) is 23.8. The van der Waals surface area contributed by atoms with E-state index in [1.165, 1.54) is 5.56 Å². The van der Waals surface area contributed by atoms with Crippen LogP contribution in [0.4, 0.5) is 0 Å². The number of ether oxygens (including phenoxy) is 2. The highest BCUT2D eigenvalue weighted by Gasteiger charge is 2.13. The van der Waals surface area contributed by atoms with Crippen LogP contribution < -0.4 is 14.8 Å². The van der Waals surface area contributed by atoms with Crippen LogP contribution in [0, 0.1) is 6.92 Å². The standard InChI is InChI=1S/C25H26ClN5O2S/c1-18-8-10-19(11-9-18)17-33-24-22(26)14-20(15-23(24)32-2)16-27-12-13-34-25-28-29-30-31(25)21-6-4-3-5-7-21/h3-11,14-15,27H,12-13,16-17H2,1-2H3. The van der Waals surface area contributed by atoms with Gasteiger partial charge in [0, 0.05) is 18.8 Å². The smallest absolute Gasteiger partial charge is 0.214 e. The number of methoxy groups -OCH3 is 1. The Bertz CT molecular complexity index is 1200. The van der Waals surface area contributed by atoms with Gasteiger partial charge in [-0.15, -0.1) is 5.10 Å². The molecule has 7 nitrogen and oxygen atoms in total. The third kappa shape index (κ3) is 6.28. The van der Waals surface area contributed by atoms with E-state index in [1.807, 2.05) is 54.6 Å². The van der Waals surface area contributed by atoms with Gasteiger partial charge in [-0.25, -0.2) is 0 Å². The van der Waals surface area contributed by atoms with Crippen molar-refractivity contribution in [1.82, 2.24) is 25.5 Å². The van der Waals surface area contributed by atoms with Crippen molar-refractivity contribution in [3.05, 3.63) is 88.4 Å². The van der Waals surface area contributed by atoms with Gasteiger partial charge in [-0.3, -0.25) is 0 Å². The Morgan fingerprint density at radius 1 is 1.03 bits per heavy atom. The quantitative estimate of drug-likeness (QED) is 0.229. The molecule has 0 saturated carbocycles. The average molecular weight is 496 g/mol. The number of benzene rings is 3. The van der Waals surface area contributed by atoms with Gasteiger partial charge in [0.2, 0.25) is 5.16 Å². The summed E-state index contributed by atoms with van der Waals surface area (Å²) < 4.78 is 13.3. The monoisotopic (exact) mass is 495 g/mol. The molecule has 0 fully saturated rings. The van der Waals surface area contributed by atoms with Crippen LogP contribution in [0.1, 0.15) is 16.7 Å². The van der Waals surface area contributed by atoms with E-state index in [4.69, 9.17) is 21.1 Å². The molecule has 0 bridgehead atoms. The summed E-state index contributed by atoms with van der Waals surface area (Å²) in [5.74, 6) is 1.99. The molecule has 0 unspecified atom stereocenters. The van der Waals surface area contributed by atoms with Gasteiger partial charge in [-0.05, 0) is 52.7 Å². The summed E-state index contributed by atoms with van der Waals surface area (Å²) >= 11 is 8.12. The Hall–Kier alpha value is -3.07. The molecule has 34 heavy (non-hydrogen) atoms. The molecule has 0 amide bonds. The van der Waals surface area contributed by atoms with E-state index in [0.717, 1.165) is 34.3 Å². The number of aromatic nitrogens is 4. The summed E-state index contributed by atoms with van der Waals surface area (Å²) in [6.45, 7) is 3.91. The highest BCUT2D eigenvalue weighted by atomic mass is 35.5. The molecule has 0 radical (unpaired) electrons. The Kier molecular flexibility index (Phi) is 8.41. The van der Waals surface area contributed by atoms with Crippen LogP contribution in [0.2, 0.25) is 5.02 Å². The number of aryl methyl sites for hydroxylation is 1. The van der Waals surface area contributed by atoms with E-state index in [0.29, 0.717) is 29.7 Å². The highest BCUT2D eigenvalue weighted by Crippen LogP contribution is 2.37. The third-order valence-corrected chi connectivity index (χ3v) is 6.28. The molecular weight excluding hydrogens is 470 g/mol.